The van der Waals surface area contributed by atoms with E-state index in [1.54, 1.807) is 7.05 Å². The number of urea groups is 1. The van der Waals surface area contributed by atoms with Gasteiger partial charge in [0, 0.05) is 26.0 Å². The molecular formula is C14H24N4O3S. The zero-order valence-electron chi connectivity index (χ0n) is 13.3. The molecule has 0 aromatic heterocycles. The number of amidine groups is 1. The van der Waals surface area contributed by atoms with E-state index >= 15 is 0 Å². The molecule has 124 valence electrons. The first-order valence-corrected chi connectivity index (χ1v) is 8.60. The van der Waals surface area contributed by atoms with Crippen molar-refractivity contribution in [3.05, 3.63) is 0 Å². The SMILES string of the molecule is CC(C)CCN1C(SCCCO)=NC2C1C(=O)NC(=O)N2C. The fourth-order valence-corrected chi connectivity index (χ4v) is 3.49. The van der Waals surface area contributed by atoms with Gasteiger partial charge in [-0.15, -0.1) is 0 Å². The number of hydrogen-bond acceptors (Lipinski definition) is 6. The molecule has 3 amide bonds. The molecule has 0 saturated carbocycles. The summed E-state index contributed by atoms with van der Waals surface area (Å²) in [6.07, 6.45) is 1.18. The van der Waals surface area contributed by atoms with Gasteiger partial charge in [0.1, 0.15) is 0 Å². The van der Waals surface area contributed by atoms with Gasteiger partial charge in [-0.2, -0.15) is 0 Å². The average Bonchev–Trinajstić information content (AvgIpc) is 2.82. The number of nitrogens with one attached hydrogen (secondary N) is 1. The van der Waals surface area contributed by atoms with Crippen molar-refractivity contribution in [3.63, 3.8) is 0 Å². The Balaban J connectivity index is 2.16. The predicted octanol–water partition coefficient (Wildman–Crippen LogP) is 0.696. The summed E-state index contributed by atoms with van der Waals surface area (Å²) in [6, 6.07) is -0.849. The number of likely N-dealkylation sites (N-methyl/N-ethyl adjacent to an activating group) is 1. The van der Waals surface area contributed by atoms with E-state index in [2.05, 4.69) is 24.2 Å². The highest BCUT2D eigenvalue weighted by Gasteiger charge is 2.48. The first kappa shape index (κ1) is 17.1. The molecule has 2 unspecified atom stereocenters. The van der Waals surface area contributed by atoms with Crippen molar-refractivity contribution in [2.45, 2.75) is 38.9 Å². The molecular weight excluding hydrogens is 304 g/mol. The number of thioether (sulfide) groups is 1. The van der Waals surface area contributed by atoms with Crippen molar-refractivity contribution in [1.82, 2.24) is 15.1 Å². The Bertz CT molecular complexity index is 469. The van der Waals surface area contributed by atoms with Crippen molar-refractivity contribution in [1.29, 1.82) is 0 Å². The second-order valence-corrected chi connectivity index (χ2v) is 7.04. The van der Waals surface area contributed by atoms with Crippen LogP contribution in [0, 0.1) is 5.92 Å². The molecule has 22 heavy (non-hydrogen) atoms. The van der Waals surface area contributed by atoms with Crippen molar-refractivity contribution in [3.8, 4) is 0 Å². The number of aliphatic hydroxyl groups is 1. The Hall–Kier alpha value is -1.28. The summed E-state index contributed by atoms with van der Waals surface area (Å²) in [5.74, 6) is 0.985. The van der Waals surface area contributed by atoms with Gasteiger partial charge in [0.05, 0.1) is 0 Å². The molecule has 2 atom stereocenters. The molecule has 0 radical (unpaired) electrons. The van der Waals surface area contributed by atoms with Gasteiger partial charge in [0.25, 0.3) is 5.91 Å². The Morgan fingerprint density at radius 2 is 2.14 bits per heavy atom. The number of carbonyl (C=O) groups is 2. The molecule has 1 fully saturated rings. The van der Waals surface area contributed by atoms with Gasteiger partial charge in [-0.05, 0) is 18.8 Å². The molecule has 0 spiro atoms. The fraction of sp³-hybridized carbons (Fsp3) is 0.786. The number of hydrogen-bond donors (Lipinski definition) is 2. The van der Waals surface area contributed by atoms with Crippen LogP contribution in [0.3, 0.4) is 0 Å². The van der Waals surface area contributed by atoms with Crippen molar-refractivity contribution in [2.75, 3.05) is 26.0 Å². The van der Waals surface area contributed by atoms with E-state index in [-0.39, 0.29) is 12.5 Å². The smallest absolute Gasteiger partial charge is 0.325 e. The summed E-state index contributed by atoms with van der Waals surface area (Å²) in [7, 11) is 1.66. The summed E-state index contributed by atoms with van der Waals surface area (Å²) >= 11 is 1.54. The Kier molecular flexibility index (Phi) is 5.69. The second kappa shape index (κ2) is 7.32. The van der Waals surface area contributed by atoms with Gasteiger partial charge in [0.15, 0.2) is 17.4 Å². The van der Waals surface area contributed by atoms with Crippen LogP contribution in [0.25, 0.3) is 0 Å². The van der Waals surface area contributed by atoms with Crippen molar-refractivity contribution < 1.29 is 14.7 Å². The molecule has 7 nitrogen and oxygen atoms in total. The number of carbonyl (C=O) groups excluding carboxylic acids is 2. The molecule has 2 rings (SSSR count). The standard InChI is InChI=1S/C14H24N4O3S/c1-9(2)5-6-18-10-11(15-14(18)22-8-4-7-19)17(3)13(21)16-12(10)20/h9-11,19H,4-8H2,1-3H3,(H,16,20,21). The van der Waals surface area contributed by atoms with E-state index < -0.39 is 18.2 Å². The third-order valence-corrected chi connectivity index (χ3v) is 4.89. The van der Waals surface area contributed by atoms with Crippen LogP contribution in [0.2, 0.25) is 0 Å². The van der Waals surface area contributed by atoms with Gasteiger partial charge >= 0.3 is 6.03 Å². The topological polar surface area (TPSA) is 85.2 Å². The number of rotatable bonds is 6. The van der Waals surface area contributed by atoms with Crippen LogP contribution in [0.15, 0.2) is 4.99 Å². The number of nitrogens with zero attached hydrogens (tertiary/aromatic N) is 3. The zero-order valence-corrected chi connectivity index (χ0v) is 14.1. The monoisotopic (exact) mass is 328 g/mol. The molecule has 0 aromatic carbocycles. The van der Waals surface area contributed by atoms with Crippen LogP contribution < -0.4 is 5.32 Å². The largest absolute Gasteiger partial charge is 0.396 e. The summed E-state index contributed by atoms with van der Waals surface area (Å²) in [5, 5.41) is 12.1. The summed E-state index contributed by atoms with van der Waals surface area (Å²) in [6.45, 7) is 5.15. The van der Waals surface area contributed by atoms with Crippen LogP contribution in [-0.4, -0.2) is 70.2 Å². The lowest BCUT2D eigenvalue weighted by atomic mass is 10.1. The van der Waals surface area contributed by atoms with Crippen LogP contribution in [0.1, 0.15) is 26.7 Å². The summed E-state index contributed by atoms with van der Waals surface area (Å²) in [4.78, 5) is 32.1. The van der Waals surface area contributed by atoms with Gasteiger partial charge in [-0.1, -0.05) is 25.6 Å². The Morgan fingerprint density at radius 3 is 2.77 bits per heavy atom. The first-order chi connectivity index (χ1) is 10.5. The second-order valence-electron chi connectivity index (χ2n) is 5.98. The lowest BCUT2D eigenvalue weighted by Crippen LogP contribution is -2.63. The molecule has 0 aliphatic carbocycles. The van der Waals surface area contributed by atoms with E-state index in [9.17, 15) is 9.59 Å². The van der Waals surface area contributed by atoms with E-state index in [4.69, 9.17) is 5.11 Å². The van der Waals surface area contributed by atoms with E-state index in [0.29, 0.717) is 12.3 Å². The molecule has 1 saturated heterocycles. The number of imide groups is 1. The minimum absolute atomic E-state index is 0.137. The van der Waals surface area contributed by atoms with Crippen molar-refractivity contribution >= 4 is 28.9 Å². The van der Waals surface area contributed by atoms with Gasteiger partial charge in [-0.3, -0.25) is 10.1 Å². The highest BCUT2D eigenvalue weighted by molar-refractivity contribution is 8.13. The van der Waals surface area contributed by atoms with Crippen LogP contribution in [0.4, 0.5) is 4.79 Å². The van der Waals surface area contributed by atoms with Gasteiger partial charge in [0.2, 0.25) is 0 Å². The number of amides is 3. The number of fused-ring (bicyclic) bond motifs is 1. The third kappa shape index (κ3) is 3.55. The number of aliphatic hydroxyl groups excluding tert-OH is 1. The zero-order chi connectivity index (χ0) is 16.3. The third-order valence-electron chi connectivity index (χ3n) is 3.80. The minimum Gasteiger partial charge on any atom is -0.396 e. The van der Waals surface area contributed by atoms with Gasteiger partial charge < -0.3 is 14.9 Å². The quantitative estimate of drug-likeness (QED) is 0.701. The lowest BCUT2D eigenvalue weighted by molar-refractivity contribution is -0.127. The van der Waals surface area contributed by atoms with Gasteiger partial charge in [-0.25, -0.2) is 9.79 Å². The molecule has 8 heteroatoms. The van der Waals surface area contributed by atoms with Crippen LogP contribution in [-0.2, 0) is 4.79 Å². The van der Waals surface area contributed by atoms with E-state index in [0.717, 1.165) is 23.9 Å². The average molecular weight is 328 g/mol. The summed E-state index contributed by atoms with van der Waals surface area (Å²) in [5.41, 5.74) is 0. The van der Waals surface area contributed by atoms with Crippen LogP contribution in [0.5, 0.6) is 0 Å². The fourth-order valence-electron chi connectivity index (χ4n) is 2.48. The number of aliphatic imine (C=N–C) groups is 1. The Morgan fingerprint density at radius 1 is 1.41 bits per heavy atom. The molecule has 0 aromatic rings. The predicted molar refractivity (Wildman–Crippen MR) is 86.6 cm³/mol. The molecule has 2 aliphatic heterocycles. The minimum atomic E-state index is -0.454. The highest BCUT2D eigenvalue weighted by atomic mass is 32.2. The highest BCUT2D eigenvalue weighted by Crippen LogP contribution is 2.29. The van der Waals surface area contributed by atoms with E-state index in [1.807, 2.05) is 4.90 Å². The maximum absolute atomic E-state index is 12.2. The normalized spacial score (nSPS) is 24.7. The molecule has 2 aliphatic rings. The van der Waals surface area contributed by atoms with E-state index in [1.165, 1.54) is 16.7 Å². The van der Waals surface area contributed by atoms with Crippen LogP contribution >= 0.6 is 11.8 Å². The molecule has 0 bridgehead atoms. The lowest BCUT2D eigenvalue weighted by Gasteiger charge is -2.36. The van der Waals surface area contributed by atoms with Crippen molar-refractivity contribution in [2.24, 2.45) is 10.9 Å². The first-order valence-electron chi connectivity index (χ1n) is 7.61. The molecule has 2 N–H and O–H groups in total. The molecule has 2 heterocycles. The summed E-state index contributed by atoms with van der Waals surface area (Å²) < 4.78 is 0. The maximum atomic E-state index is 12.2. The Labute approximate surface area is 135 Å². The maximum Gasteiger partial charge on any atom is 0.325 e.